The van der Waals surface area contributed by atoms with Crippen molar-refractivity contribution in [2.75, 3.05) is 6.54 Å². The number of amides is 2. The molecule has 3 aromatic rings. The summed E-state index contributed by atoms with van der Waals surface area (Å²) in [4.78, 5) is 23.8. The van der Waals surface area contributed by atoms with Gasteiger partial charge in [-0.3, -0.25) is 9.59 Å². The Labute approximate surface area is 158 Å². The summed E-state index contributed by atoms with van der Waals surface area (Å²) in [5.41, 5.74) is 2.02. The lowest BCUT2D eigenvalue weighted by atomic mass is 10.2. The van der Waals surface area contributed by atoms with Crippen molar-refractivity contribution in [2.45, 2.75) is 19.4 Å². The van der Waals surface area contributed by atoms with Crippen molar-refractivity contribution in [1.82, 2.24) is 10.6 Å². The molecule has 0 aliphatic heterocycles. The van der Waals surface area contributed by atoms with Gasteiger partial charge in [-0.1, -0.05) is 60.7 Å². The van der Waals surface area contributed by atoms with Crippen LogP contribution in [-0.4, -0.2) is 18.4 Å². The molecule has 5 heteroatoms. The van der Waals surface area contributed by atoms with Crippen LogP contribution in [0.4, 0.5) is 0 Å². The third-order valence-corrected chi connectivity index (χ3v) is 4.10. The minimum Gasteiger partial charge on any atom is -0.461 e. The molecule has 0 aliphatic rings. The molecule has 1 heterocycles. The summed E-state index contributed by atoms with van der Waals surface area (Å²) in [6.07, 6.45) is 0.762. The average Bonchev–Trinajstić information content (AvgIpc) is 3.20. The monoisotopic (exact) mass is 362 g/mol. The second-order valence-electron chi connectivity index (χ2n) is 6.17. The second-order valence-corrected chi connectivity index (χ2v) is 6.17. The zero-order valence-electron chi connectivity index (χ0n) is 15.0. The van der Waals surface area contributed by atoms with Gasteiger partial charge < -0.3 is 15.1 Å². The maximum atomic E-state index is 11.9. The fraction of sp³-hybridized carbons (Fsp3) is 0.182. The van der Waals surface area contributed by atoms with E-state index >= 15 is 0 Å². The van der Waals surface area contributed by atoms with E-state index in [9.17, 15) is 9.59 Å². The summed E-state index contributed by atoms with van der Waals surface area (Å²) in [6.45, 7) is 0.420. The standard InChI is InChI=1S/C22H22N2O3/c25-21(24-16-22(26)23-15-17-7-3-1-4-8-17)14-12-19-11-13-20(27-19)18-9-5-2-6-10-18/h1-11,13H,12,14-16H2,(H,23,26)(H,24,25). The molecule has 5 nitrogen and oxygen atoms in total. The van der Waals surface area contributed by atoms with Gasteiger partial charge in [0, 0.05) is 24.9 Å². The zero-order valence-corrected chi connectivity index (χ0v) is 15.0. The Balaban J connectivity index is 1.37. The Hall–Kier alpha value is -3.34. The predicted molar refractivity (Wildman–Crippen MR) is 104 cm³/mol. The summed E-state index contributed by atoms with van der Waals surface area (Å²) < 4.78 is 5.77. The molecule has 0 saturated carbocycles. The molecule has 3 rings (SSSR count). The number of rotatable bonds is 8. The first-order valence-corrected chi connectivity index (χ1v) is 8.92. The van der Waals surface area contributed by atoms with Crippen LogP contribution in [0.2, 0.25) is 0 Å². The average molecular weight is 362 g/mol. The molecule has 0 radical (unpaired) electrons. The van der Waals surface area contributed by atoms with Crippen LogP contribution in [0.1, 0.15) is 17.7 Å². The molecule has 0 atom stereocenters. The van der Waals surface area contributed by atoms with Crippen molar-refractivity contribution in [2.24, 2.45) is 0 Å². The number of hydrogen-bond acceptors (Lipinski definition) is 3. The van der Waals surface area contributed by atoms with Gasteiger partial charge in [0.15, 0.2) is 0 Å². The first-order valence-electron chi connectivity index (χ1n) is 8.92. The molecule has 0 spiro atoms. The maximum Gasteiger partial charge on any atom is 0.239 e. The van der Waals surface area contributed by atoms with E-state index in [2.05, 4.69) is 10.6 Å². The maximum absolute atomic E-state index is 11.9. The van der Waals surface area contributed by atoms with Crippen LogP contribution < -0.4 is 10.6 Å². The number of benzene rings is 2. The molecule has 0 bridgehead atoms. The van der Waals surface area contributed by atoms with Gasteiger partial charge in [-0.2, -0.15) is 0 Å². The fourth-order valence-corrected chi connectivity index (χ4v) is 2.63. The number of nitrogens with one attached hydrogen (secondary N) is 2. The van der Waals surface area contributed by atoms with Gasteiger partial charge in [-0.25, -0.2) is 0 Å². The molecule has 0 unspecified atom stereocenters. The summed E-state index contributed by atoms with van der Waals surface area (Å²) >= 11 is 0. The highest BCUT2D eigenvalue weighted by atomic mass is 16.3. The minimum atomic E-state index is -0.212. The third-order valence-electron chi connectivity index (χ3n) is 4.10. The normalized spacial score (nSPS) is 10.4. The van der Waals surface area contributed by atoms with Crippen LogP contribution in [0.15, 0.2) is 77.2 Å². The van der Waals surface area contributed by atoms with E-state index < -0.39 is 0 Å². The lowest BCUT2D eigenvalue weighted by Gasteiger charge is -2.07. The third kappa shape index (κ3) is 5.85. The van der Waals surface area contributed by atoms with E-state index in [0.29, 0.717) is 13.0 Å². The number of carbonyl (C=O) groups excluding carboxylic acids is 2. The van der Waals surface area contributed by atoms with Crippen molar-refractivity contribution >= 4 is 11.8 Å². The molecule has 138 valence electrons. The molecule has 2 amide bonds. The van der Waals surface area contributed by atoms with Gasteiger partial charge in [0.1, 0.15) is 11.5 Å². The van der Waals surface area contributed by atoms with Crippen LogP contribution in [0.25, 0.3) is 11.3 Å². The van der Waals surface area contributed by atoms with E-state index in [0.717, 1.165) is 22.6 Å². The van der Waals surface area contributed by atoms with Crippen molar-refractivity contribution in [3.05, 3.63) is 84.1 Å². The second kappa shape index (κ2) is 9.38. The molecule has 2 N–H and O–H groups in total. The minimum absolute atomic E-state index is 0.0287. The Kier molecular flexibility index (Phi) is 6.41. The Bertz CT molecular complexity index is 873. The highest BCUT2D eigenvalue weighted by Crippen LogP contribution is 2.22. The molecular weight excluding hydrogens is 340 g/mol. The number of hydrogen-bond donors (Lipinski definition) is 2. The van der Waals surface area contributed by atoms with Crippen LogP contribution in [0.5, 0.6) is 0 Å². The van der Waals surface area contributed by atoms with Gasteiger partial charge in [-0.15, -0.1) is 0 Å². The lowest BCUT2D eigenvalue weighted by Crippen LogP contribution is -2.36. The smallest absolute Gasteiger partial charge is 0.239 e. The predicted octanol–water partition coefficient (Wildman–Crippen LogP) is 3.31. The van der Waals surface area contributed by atoms with Gasteiger partial charge >= 0.3 is 0 Å². The number of furan rings is 1. The van der Waals surface area contributed by atoms with Gasteiger partial charge in [-0.05, 0) is 17.7 Å². The molecule has 2 aromatic carbocycles. The van der Waals surface area contributed by atoms with Crippen LogP contribution in [-0.2, 0) is 22.6 Å². The molecule has 0 saturated heterocycles. The van der Waals surface area contributed by atoms with Crippen molar-refractivity contribution in [1.29, 1.82) is 0 Å². The van der Waals surface area contributed by atoms with E-state index in [4.69, 9.17) is 4.42 Å². The lowest BCUT2D eigenvalue weighted by molar-refractivity contribution is -0.126. The van der Waals surface area contributed by atoms with Gasteiger partial charge in [0.05, 0.1) is 6.54 Å². The number of aryl methyl sites for hydroxylation is 1. The quantitative estimate of drug-likeness (QED) is 0.646. The molecule has 0 fully saturated rings. The van der Waals surface area contributed by atoms with Gasteiger partial charge in [0.25, 0.3) is 0 Å². The SMILES string of the molecule is O=C(CCc1ccc(-c2ccccc2)o1)NCC(=O)NCc1ccccc1. The fourth-order valence-electron chi connectivity index (χ4n) is 2.63. The molecule has 0 aliphatic carbocycles. The van der Waals surface area contributed by atoms with Crippen LogP contribution in [0.3, 0.4) is 0 Å². The summed E-state index contributed by atoms with van der Waals surface area (Å²) in [6, 6.07) is 23.2. The highest BCUT2D eigenvalue weighted by molar-refractivity contribution is 5.84. The van der Waals surface area contributed by atoms with E-state index in [1.165, 1.54) is 0 Å². The Morgan fingerprint density at radius 2 is 1.48 bits per heavy atom. The largest absolute Gasteiger partial charge is 0.461 e. The molecule has 27 heavy (non-hydrogen) atoms. The summed E-state index contributed by atoms with van der Waals surface area (Å²) in [7, 11) is 0. The van der Waals surface area contributed by atoms with Crippen molar-refractivity contribution < 1.29 is 14.0 Å². The first kappa shape index (κ1) is 18.5. The highest BCUT2D eigenvalue weighted by Gasteiger charge is 2.09. The Morgan fingerprint density at radius 1 is 0.778 bits per heavy atom. The first-order chi connectivity index (χ1) is 13.2. The number of carbonyl (C=O) groups is 2. The molecular formula is C22H22N2O3. The Morgan fingerprint density at radius 3 is 2.22 bits per heavy atom. The zero-order chi connectivity index (χ0) is 18.9. The van der Waals surface area contributed by atoms with Crippen LogP contribution >= 0.6 is 0 Å². The van der Waals surface area contributed by atoms with Crippen molar-refractivity contribution in [3.63, 3.8) is 0 Å². The summed E-state index contributed by atoms with van der Waals surface area (Å²) in [5, 5.41) is 5.41. The van der Waals surface area contributed by atoms with Crippen molar-refractivity contribution in [3.8, 4) is 11.3 Å². The van der Waals surface area contributed by atoms with Gasteiger partial charge in [0.2, 0.25) is 11.8 Å². The molecule has 1 aromatic heterocycles. The van der Waals surface area contributed by atoms with E-state index in [1.807, 2.05) is 72.8 Å². The van der Waals surface area contributed by atoms with E-state index in [-0.39, 0.29) is 24.8 Å². The topological polar surface area (TPSA) is 71.3 Å². The van der Waals surface area contributed by atoms with Crippen LogP contribution in [0, 0.1) is 0 Å². The van der Waals surface area contributed by atoms with E-state index in [1.54, 1.807) is 0 Å². The summed E-state index contributed by atoms with van der Waals surface area (Å²) in [5.74, 6) is 1.14.